The first-order chi connectivity index (χ1) is 12.4. The van der Waals surface area contributed by atoms with Crippen LogP contribution in [0.15, 0.2) is 30.3 Å². The second kappa shape index (κ2) is 9.19. The Labute approximate surface area is 152 Å². The molecule has 0 aliphatic carbocycles. The van der Waals surface area contributed by atoms with E-state index in [9.17, 15) is 19.5 Å². The number of esters is 1. The van der Waals surface area contributed by atoms with Gasteiger partial charge in [-0.15, -0.1) is 0 Å². The molecule has 1 aliphatic rings. The van der Waals surface area contributed by atoms with E-state index < -0.39 is 24.2 Å². The molecule has 1 aromatic carbocycles. The van der Waals surface area contributed by atoms with E-state index in [1.807, 2.05) is 30.3 Å². The molecule has 1 aliphatic heterocycles. The van der Waals surface area contributed by atoms with Gasteiger partial charge in [-0.2, -0.15) is 0 Å². The molecule has 8 nitrogen and oxygen atoms in total. The molecule has 26 heavy (non-hydrogen) atoms. The fourth-order valence-electron chi connectivity index (χ4n) is 2.74. The van der Waals surface area contributed by atoms with Gasteiger partial charge in [0, 0.05) is 26.1 Å². The molecule has 0 bridgehead atoms. The number of rotatable bonds is 6. The van der Waals surface area contributed by atoms with Crippen molar-refractivity contribution in [3.63, 3.8) is 0 Å². The second-order valence-corrected chi connectivity index (χ2v) is 6.06. The van der Waals surface area contributed by atoms with Crippen LogP contribution in [-0.2, 0) is 25.7 Å². The lowest BCUT2D eigenvalue weighted by molar-refractivity contribution is -0.152. The van der Waals surface area contributed by atoms with Crippen molar-refractivity contribution in [2.24, 2.45) is 0 Å². The predicted molar refractivity (Wildman–Crippen MR) is 92.0 cm³/mol. The van der Waals surface area contributed by atoms with Gasteiger partial charge in [-0.05, 0) is 12.5 Å². The number of amides is 2. The Balaban J connectivity index is 1.84. The Hall–Kier alpha value is -2.61. The van der Waals surface area contributed by atoms with Gasteiger partial charge in [0.2, 0.25) is 5.91 Å². The highest BCUT2D eigenvalue weighted by atomic mass is 16.6. The Bertz CT molecular complexity index is 636. The lowest BCUT2D eigenvalue weighted by Gasteiger charge is -2.38. The molecule has 0 unspecified atom stereocenters. The molecular weight excluding hydrogens is 340 g/mol. The molecule has 0 saturated carbocycles. The number of carbonyl (C=O) groups is 3. The molecule has 2 amide bonds. The van der Waals surface area contributed by atoms with Gasteiger partial charge in [-0.1, -0.05) is 30.3 Å². The van der Waals surface area contributed by atoms with Gasteiger partial charge in [0.1, 0.15) is 12.6 Å². The molecule has 8 heteroatoms. The maximum Gasteiger partial charge on any atom is 0.410 e. The van der Waals surface area contributed by atoms with Crippen LogP contribution in [0.4, 0.5) is 4.79 Å². The lowest BCUT2D eigenvalue weighted by atomic mass is 10.1. The molecule has 0 aromatic heterocycles. The molecule has 1 aromatic rings. The second-order valence-electron chi connectivity index (χ2n) is 6.06. The minimum Gasteiger partial charge on any atom is -0.467 e. The Morgan fingerprint density at radius 2 is 1.96 bits per heavy atom. The topological polar surface area (TPSA) is 96.4 Å². The van der Waals surface area contributed by atoms with Crippen LogP contribution in [0.25, 0.3) is 0 Å². The van der Waals surface area contributed by atoms with E-state index in [2.05, 4.69) is 4.74 Å². The Morgan fingerprint density at radius 1 is 1.27 bits per heavy atom. The van der Waals surface area contributed by atoms with E-state index in [0.29, 0.717) is 13.1 Å². The summed E-state index contributed by atoms with van der Waals surface area (Å²) in [5, 5.41) is 9.62. The maximum atomic E-state index is 12.4. The number of nitrogens with zero attached hydrogens (tertiary/aromatic N) is 2. The van der Waals surface area contributed by atoms with Crippen molar-refractivity contribution in [3.8, 4) is 0 Å². The summed E-state index contributed by atoms with van der Waals surface area (Å²) in [5.74, 6) is -0.974. The summed E-state index contributed by atoms with van der Waals surface area (Å²) in [4.78, 5) is 38.8. The van der Waals surface area contributed by atoms with E-state index in [1.54, 1.807) is 6.92 Å². The van der Waals surface area contributed by atoms with Gasteiger partial charge in [0.05, 0.1) is 7.11 Å². The van der Waals surface area contributed by atoms with Crippen molar-refractivity contribution >= 4 is 18.0 Å². The molecule has 2 atom stereocenters. The van der Waals surface area contributed by atoms with Crippen LogP contribution >= 0.6 is 0 Å². The standard InChI is InChI=1S/C18H24N2O6/c1-13-16(22)19(9-8-15(21)17(23)25-2)10-11-20(13)18(24)26-12-14-6-4-3-5-7-14/h3-7,13,15,21H,8-12H2,1-2H3/t13-,15-/m0/s1. The molecular formula is C18H24N2O6. The van der Waals surface area contributed by atoms with E-state index in [1.165, 1.54) is 16.9 Å². The minimum atomic E-state index is -1.27. The molecule has 1 fully saturated rings. The van der Waals surface area contributed by atoms with Crippen molar-refractivity contribution in [1.29, 1.82) is 0 Å². The summed E-state index contributed by atoms with van der Waals surface area (Å²) < 4.78 is 9.73. The van der Waals surface area contributed by atoms with Crippen molar-refractivity contribution in [2.75, 3.05) is 26.7 Å². The largest absolute Gasteiger partial charge is 0.467 e. The summed E-state index contributed by atoms with van der Waals surface area (Å²) in [6.45, 7) is 2.64. The maximum absolute atomic E-state index is 12.4. The molecule has 0 spiro atoms. The molecule has 2 rings (SSSR count). The van der Waals surface area contributed by atoms with Gasteiger partial charge in [-0.3, -0.25) is 9.69 Å². The molecule has 0 radical (unpaired) electrons. The summed E-state index contributed by atoms with van der Waals surface area (Å²) in [5.41, 5.74) is 0.871. The summed E-state index contributed by atoms with van der Waals surface area (Å²) in [6.07, 6.45) is -1.72. The molecule has 142 valence electrons. The predicted octanol–water partition coefficient (Wildman–Crippen LogP) is 0.780. The Kier molecular flexibility index (Phi) is 6.97. The van der Waals surface area contributed by atoms with Crippen molar-refractivity contribution < 1.29 is 29.0 Å². The fraction of sp³-hybridized carbons (Fsp3) is 0.500. The third-order valence-electron chi connectivity index (χ3n) is 4.33. The lowest BCUT2D eigenvalue weighted by Crippen LogP contribution is -2.58. The van der Waals surface area contributed by atoms with Crippen LogP contribution in [0.1, 0.15) is 18.9 Å². The number of aliphatic hydroxyl groups is 1. The van der Waals surface area contributed by atoms with E-state index >= 15 is 0 Å². The SMILES string of the molecule is COC(=O)[C@@H](O)CCN1CCN(C(=O)OCc2ccccc2)[C@@H](C)C1=O. The zero-order valence-electron chi connectivity index (χ0n) is 15.0. The number of aliphatic hydroxyl groups excluding tert-OH is 1. The number of piperazine rings is 1. The van der Waals surface area contributed by atoms with Crippen LogP contribution in [0.3, 0.4) is 0 Å². The van der Waals surface area contributed by atoms with Gasteiger partial charge in [0.25, 0.3) is 0 Å². The van der Waals surface area contributed by atoms with Crippen LogP contribution in [0, 0.1) is 0 Å². The van der Waals surface area contributed by atoms with E-state index in [-0.39, 0.29) is 25.5 Å². The molecule has 1 saturated heterocycles. The van der Waals surface area contributed by atoms with Crippen molar-refractivity contribution in [2.45, 2.75) is 32.1 Å². The quantitative estimate of drug-likeness (QED) is 0.750. The number of methoxy groups -OCH3 is 1. The van der Waals surface area contributed by atoms with E-state index in [0.717, 1.165) is 5.56 Å². The van der Waals surface area contributed by atoms with Crippen LogP contribution in [0.5, 0.6) is 0 Å². The van der Waals surface area contributed by atoms with E-state index in [4.69, 9.17) is 4.74 Å². The van der Waals surface area contributed by atoms with Crippen LogP contribution < -0.4 is 0 Å². The highest BCUT2D eigenvalue weighted by molar-refractivity contribution is 5.86. The third kappa shape index (κ3) is 4.95. The van der Waals surface area contributed by atoms with Gasteiger partial charge in [-0.25, -0.2) is 9.59 Å². The first kappa shape index (κ1) is 19.7. The smallest absolute Gasteiger partial charge is 0.410 e. The Morgan fingerprint density at radius 3 is 2.62 bits per heavy atom. The van der Waals surface area contributed by atoms with Crippen LogP contribution in [0.2, 0.25) is 0 Å². The number of benzene rings is 1. The third-order valence-corrected chi connectivity index (χ3v) is 4.33. The average molecular weight is 364 g/mol. The first-order valence-electron chi connectivity index (χ1n) is 8.46. The molecule has 1 N–H and O–H groups in total. The zero-order chi connectivity index (χ0) is 19.1. The monoisotopic (exact) mass is 364 g/mol. The number of carbonyl (C=O) groups excluding carboxylic acids is 3. The zero-order valence-corrected chi connectivity index (χ0v) is 15.0. The van der Waals surface area contributed by atoms with Crippen LogP contribution in [-0.4, -0.2) is 71.8 Å². The summed E-state index contributed by atoms with van der Waals surface area (Å²) in [6, 6.07) is 8.64. The van der Waals surface area contributed by atoms with Crippen molar-refractivity contribution in [3.05, 3.63) is 35.9 Å². The fourth-order valence-corrected chi connectivity index (χ4v) is 2.74. The number of ether oxygens (including phenoxy) is 2. The minimum absolute atomic E-state index is 0.0869. The first-order valence-corrected chi connectivity index (χ1v) is 8.46. The number of hydrogen-bond acceptors (Lipinski definition) is 6. The number of hydrogen-bond donors (Lipinski definition) is 1. The highest BCUT2D eigenvalue weighted by Crippen LogP contribution is 2.14. The molecule has 1 heterocycles. The van der Waals surface area contributed by atoms with Gasteiger partial charge < -0.3 is 19.5 Å². The normalized spacial score (nSPS) is 18.4. The highest BCUT2D eigenvalue weighted by Gasteiger charge is 2.35. The summed E-state index contributed by atoms with van der Waals surface area (Å²) in [7, 11) is 1.19. The average Bonchev–Trinajstić information content (AvgIpc) is 2.67. The van der Waals surface area contributed by atoms with Gasteiger partial charge in [0.15, 0.2) is 6.10 Å². The summed E-state index contributed by atoms with van der Waals surface area (Å²) >= 11 is 0. The van der Waals surface area contributed by atoms with Crippen molar-refractivity contribution in [1.82, 2.24) is 9.80 Å². The van der Waals surface area contributed by atoms with Gasteiger partial charge >= 0.3 is 12.1 Å².